The number of likely N-dealkylation sites (tertiary alicyclic amines) is 1. The van der Waals surface area contributed by atoms with Crippen LogP contribution in [0.25, 0.3) is 0 Å². The SMILES string of the molecule is COCCN1CCN(c2ncc(C(=O)N3CCCCC3)cc2Cl)CC1C. The van der Waals surface area contributed by atoms with E-state index in [1.54, 1.807) is 19.4 Å². The van der Waals surface area contributed by atoms with Gasteiger partial charge in [0.05, 0.1) is 17.2 Å². The molecule has 0 aromatic carbocycles. The number of hydrogen-bond donors (Lipinski definition) is 0. The Labute approximate surface area is 161 Å². The topological polar surface area (TPSA) is 48.9 Å². The molecule has 26 heavy (non-hydrogen) atoms. The molecule has 6 nitrogen and oxygen atoms in total. The molecule has 2 aliphatic heterocycles. The first-order valence-electron chi connectivity index (χ1n) is 9.53. The maximum Gasteiger partial charge on any atom is 0.255 e. The van der Waals surface area contributed by atoms with E-state index in [-0.39, 0.29) is 5.91 Å². The number of methoxy groups -OCH3 is 1. The fourth-order valence-electron chi connectivity index (χ4n) is 3.79. The summed E-state index contributed by atoms with van der Waals surface area (Å²) in [5.41, 5.74) is 0.590. The molecule has 1 unspecified atom stereocenters. The van der Waals surface area contributed by atoms with Crippen LogP contribution in [0.5, 0.6) is 0 Å². The third-order valence-electron chi connectivity index (χ3n) is 5.36. The van der Waals surface area contributed by atoms with Crippen molar-refractivity contribution in [1.82, 2.24) is 14.8 Å². The molecule has 1 amide bonds. The van der Waals surface area contributed by atoms with Gasteiger partial charge in [-0.05, 0) is 32.3 Å². The van der Waals surface area contributed by atoms with Gasteiger partial charge in [0, 0.05) is 58.6 Å². The number of rotatable bonds is 5. The third-order valence-corrected chi connectivity index (χ3v) is 5.64. The van der Waals surface area contributed by atoms with Crippen LogP contribution in [0.1, 0.15) is 36.5 Å². The van der Waals surface area contributed by atoms with Crippen LogP contribution < -0.4 is 4.90 Å². The van der Waals surface area contributed by atoms with Gasteiger partial charge in [0.1, 0.15) is 5.82 Å². The van der Waals surface area contributed by atoms with Crippen LogP contribution in [-0.2, 0) is 4.74 Å². The molecule has 0 radical (unpaired) electrons. The molecule has 1 atom stereocenters. The largest absolute Gasteiger partial charge is 0.383 e. The summed E-state index contributed by atoms with van der Waals surface area (Å²) in [7, 11) is 1.73. The molecule has 0 aliphatic carbocycles. The summed E-state index contributed by atoms with van der Waals surface area (Å²) < 4.78 is 5.18. The minimum absolute atomic E-state index is 0.0448. The van der Waals surface area contributed by atoms with Crippen LogP contribution in [0, 0.1) is 0 Å². The zero-order chi connectivity index (χ0) is 18.5. The number of piperidine rings is 1. The Kier molecular flexibility index (Phi) is 6.73. The second-order valence-corrected chi connectivity index (χ2v) is 7.61. The number of piperazine rings is 1. The number of amides is 1. The van der Waals surface area contributed by atoms with Gasteiger partial charge in [0.25, 0.3) is 5.91 Å². The summed E-state index contributed by atoms with van der Waals surface area (Å²) in [5, 5.41) is 0.561. The zero-order valence-corrected chi connectivity index (χ0v) is 16.5. The lowest BCUT2D eigenvalue weighted by Crippen LogP contribution is -2.53. The van der Waals surface area contributed by atoms with Crippen molar-refractivity contribution >= 4 is 23.3 Å². The van der Waals surface area contributed by atoms with Gasteiger partial charge in [-0.2, -0.15) is 0 Å². The lowest BCUT2D eigenvalue weighted by atomic mass is 10.1. The molecule has 0 N–H and O–H groups in total. The van der Waals surface area contributed by atoms with Gasteiger partial charge in [-0.25, -0.2) is 4.98 Å². The monoisotopic (exact) mass is 380 g/mol. The molecule has 0 saturated carbocycles. The quantitative estimate of drug-likeness (QED) is 0.785. The van der Waals surface area contributed by atoms with Gasteiger partial charge in [0.2, 0.25) is 0 Å². The van der Waals surface area contributed by atoms with E-state index in [9.17, 15) is 4.79 Å². The minimum Gasteiger partial charge on any atom is -0.383 e. The normalized spacial score (nSPS) is 21.9. The number of ether oxygens (including phenoxy) is 1. The van der Waals surface area contributed by atoms with E-state index in [2.05, 4.69) is 21.7 Å². The van der Waals surface area contributed by atoms with Crippen LogP contribution in [0.15, 0.2) is 12.3 Å². The highest BCUT2D eigenvalue weighted by Crippen LogP contribution is 2.27. The smallest absolute Gasteiger partial charge is 0.255 e. The highest BCUT2D eigenvalue weighted by atomic mass is 35.5. The van der Waals surface area contributed by atoms with E-state index in [1.807, 2.05) is 4.90 Å². The Hall–Kier alpha value is -1.37. The molecule has 2 aliphatic rings. The zero-order valence-electron chi connectivity index (χ0n) is 15.8. The van der Waals surface area contributed by atoms with Crippen molar-refractivity contribution in [2.75, 3.05) is 57.9 Å². The van der Waals surface area contributed by atoms with E-state index in [0.717, 1.165) is 64.5 Å². The van der Waals surface area contributed by atoms with Crippen LogP contribution in [-0.4, -0.2) is 79.7 Å². The molecular weight excluding hydrogens is 352 g/mol. The average molecular weight is 381 g/mol. The summed E-state index contributed by atoms with van der Waals surface area (Å²) in [4.78, 5) is 23.7. The molecule has 0 spiro atoms. The third kappa shape index (κ3) is 4.48. The second kappa shape index (κ2) is 9.02. The Morgan fingerprint density at radius 3 is 2.69 bits per heavy atom. The van der Waals surface area contributed by atoms with Gasteiger partial charge >= 0.3 is 0 Å². The molecule has 144 valence electrons. The highest BCUT2D eigenvalue weighted by Gasteiger charge is 2.26. The number of hydrogen-bond acceptors (Lipinski definition) is 5. The van der Waals surface area contributed by atoms with E-state index in [4.69, 9.17) is 16.3 Å². The molecule has 3 heterocycles. The predicted molar refractivity (Wildman–Crippen MR) is 104 cm³/mol. The first-order chi connectivity index (χ1) is 12.6. The summed E-state index contributed by atoms with van der Waals surface area (Å²) in [5.74, 6) is 0.823. The number of anilines is 1. The second-order valence-electron chi connectivity index (χ2n) is 7.21. The summed E-state index contributed by atoms with van der Waals surface area (Å²) in [6, 6.07) is 2.19. The predicted octanol–water partition coefficient (Wildman–Crippen LogP) is 2.52. The highest BCUT2D eigenvalue weighted by molar-refractivity contribution is 6.33. The molecule has 2 saturated heterocycles. The van der Waals surface area contributed by atoms with E-state index >= 15 is 0 Å². The fourth-order valence-corrected chi connectivity index (χ4v) is 4.07. The van der Waals surface area contributed by atoms with Crippen LogP contribution in [0.2, 0.25) is 5.02 Å². The number of carbonyl (C=O) groups is 1. The molecule has 1 aromatic heterocycles. The minimum atomic E-state index is 0.0448. The van der Waals surface area contributed by atoms with Crippen LogP contribution in [0.4, 0.5) is 5.82 Å². The van der Waals surface area contributed by atoms with E-state index < -0.39 is 0 Å². The maximum atomic E-state index is 12.6. The van der Waals surface area contributed by atoms with Crippen molar-refractivity contribution in [3.8, 4) is 0 Å². The van der Waals surface area contributed by atoms with Crippen LogP contribution >= 0.6 is 11.6 Å². The number of carbonyl (C=O) groups excluding carboxylic acids is 1. The Bertz CT molecular complexity index is 622. The average Bonchev–Trinajstić information content (AvgIpc) is 2.67. The van der Waals surface area contributed by atoms with Crippen molar-refractivity contribution in [3.63, 3.8) is 0 Å². The molecule has 0 bridgehead atoms. The summed E-state index contributed by atoms with van der Waals surface area (Å²) in [6.45, 7) is 8.27. The number of pyridine rings is 1. The standard InChI is InChI=1S/C19H29ClN4O2/c1-15-14-24(9-8-22(15)10-11-26-2)18-17(20)12-16(13-21-18)19(25)23-6-4-3-5-7-23/h12-13,15H,3-11,14H2,1-2H3. The molecular formula is C19H29ClN4O2. The van der Waals surface area contributed by atoms with Crippen molar-refractivity contribution in [2.24, 2.45) is 0 Å². The Balaban J connectivity index is 1.65. The van der Waals surface area contributed by atoms with Crippen LogP contribution in [0.3, 0.4) is 0 Å². The van der Waals surface area contributed by atoms with E-state index in [0.29, 0.717) is 16.6 Å². The van der Waals surface area contributed by atoms with Gasteiger partial charge in [-0.1, -0.05) is 11.6 Å². The number of nitrogens with zero attached hydrogens (tertiary/aromatic N) is 4. The number of halogens is 1. The number of aromatic nitrogens is 1. The summed E-state index contributed by atoms with van der Waals surface area (Å²) in [6.07, 6.45) is 5.04. The fraction of sp³-hybridized carbons (Fsp3) is 0.684. The van der Waals surface area contributed by atoms with Crippen molar-refractivity contribution in [2.45, 2.75) is 32.2 Å². The lowest BCUT2D eigenvalue weighted by Gasteiger charge is -2.40. The first kappa shape index (κ1) is 19.4. The van der Waals surface area contributed by atoms with Crippen molar-refractivity contribution in [1.29, 1.82) is 0 Å². The van der Waals surface area contributed by atoms with Crippen molar-refractivity contribution in [3.05, 3.63) is 22.8 Å². The van der Waals surface area contributed by atoms with Crippen molar-refractivity contribution < 1.29 is 9.53 Å². The molecule has 2 fully saturated rings. The van der Waals surface area contributed by atoms with Gasteiger partial charge in [0.15, 0.2) is 0 Å². The lowest BCUT2D eigenvalue weighted by molar-refractivity contribution is 0.0724. The van der Waals surface area contributed by atoms with Gasteiger partial charge in [-0.15, -0.1) is 0 Å². The van der Waals surface area contributed by atoms with Gasteiger partial charge in [-0.3, -0.25) is 9.69 Å². The van der Waals surface area contributed by atoms with Gasteiger partial charge < -0.3 is 14.5 Å². The summed E-state index contributed by atoms with van der Waals surface area (Å²) >= 11 is 6.50. The molecule has 7 heteroatoms. The first-order valence-corrected chi connectivity index (χ1v) is 9.90. The Morgan fingerprint density at radius 1 is 1.27 bits per heavy atom. The molecule has 3 rings (SSSR count). The molecule has 1 aromatic rings. The Morgan fingerprint density at radius 2 is 2.04 bits per heavy atom. The van der Waals surface area contributed by atoms with E-state index in [1.165, 1.54) is 6.42 Å². The maximum absolute atomic E-state index is 12.6.